The van der Waals surface area contributed by atoms with E-state index in [-0.39, 0.29) is 0 Å². The summed E-state index contributed by atoms with van der Waals surface area (Å²) >= 11 is 0. The van der Waals surface area contributed by atoms with Crippen molar-refractivity contribution in [2.45, 2.75) is 0 Å². The molecule has 5 nitrogen and oxygen atoms in total. The number of pyridine rings is 1. The van der Waals surface area contributed by atoms with E-state index in [4.69, 9.17) is 5.21 Å². The molecule has 2 aromatic rings. The summed E-state index contributed by atoms with van der Waals surface area (Å²) in [5.74, 6) is 0. The summed E-state index contributed by atoms with van der Waals surface area (Å²) in [6.45, 7) is 0. The number of rotatable bonds is 0. The maximum absolute atomic E-state index is 10.8. The molecule has 0 unspecified atom stereocenters. The third kappa shape index (κ3) is 0.833. The quantitative estimate of drug-likeness (QED) is 0.556. The van der Waals surface area contributed by atoms with Gasteiger partial charge in [0.05, 0.1) is 6.20 Å². The molecule has 0 aliphatic carbocycles. The van der Waals surface area contributed by atoms with Gasteiger partial charge >= 0.3 is 5.69 Å². The predicted molar refractivity (Wildman–Crippen MR) is 41.0 cm³/mol. The Morgan fingerprint density at radius 2 is 2.25 bits per heavy atom. The van der Waals surface area contributed by atoms with Gasteiger partial charge in [-0.15, -0.1) is 4.73 Å². The lowest BCUT2D eigenvalue weighted by Crippen LogP contribution is -2.20. The molecular formula is C7H5N3O2. The fourth-order valence-electron chi connectivity index (χ4n) is 0.962. The summed E-state index contributed by atoms with van der Waals surface area (Å²) in [5, 5.41) is 9.16. The summed E-state index contributed by atoms with van der Waals surface area (Å²) in [6, 6.07) is 3.22. The molecule has 12 heavy (non-hydrogen) atoms. The number of hydrogen-bond acceptors (Lipinski definition) is 4. The highest BCUT2D eigenvalue weighted by atomic mass is 16.5. The Hall–Kier alpha value is -1.91. The predicted octanol–water partition coefficient (Wildman–Crippen LogP) is 0.0288. The van der Waals surface area contributed by atoms with E-state index in [1.54, 1.807) is 18.3 Å². The Bertz CT molecular complexity index is 477. The molecule has 60 valence electrons. The van der Waals surface area contributed by atoms with Crippen LogP contribution in [0.25, 0.3) is 11.0 Å². The smallest absolute Gasteiger partial charge is 0.380 e. The molecular weight excluding hydrogens is 158 g/mol. The number of nitrogens with zero attached hydrogens (tertiary/aromatic N) is 3. The van der Waals surface area contributed by atoms with Gasteiger partial charge in [0.25, 0.3) is 0 Å². The molecule has 0 fully saturated rings. The van der Waals surface area contributed by atoms with Gasteiger partial charge in [0.2, 0.25) is 0 Å². The number of aromatic nitrogens is 3. The van der Waals surface area contributed by atoms with Crippen molar-refractivity contribution in [2.75, 3.05) is 0 Å². The molecule has 0 saturated heterocycles. The van der Waals surface area contributed by atoms with Gasteiger partial charge in [-0.05, 0) is 12.1 Å². The molecule has 0 radical (unpaired) electrons. The van der Waals surface area contributed by atoms with Crippen LogP contribution in [-0.2, 0) is 0 Å². The molecule has 0 aromatic carbocycles. The molecule has 2 heterocycles. The highest BCUT2D eigenvalue weighted by molar-refractivity contribution is 5.72. The Labute approximate surface area is 66.9 Å². The molecule has 1 N–H and O–H groups in total. The van der Waals surface area contributed by atoms with Gasteiger partial charge in [0.1, 0.15) is 11.0 Å². The lowest BCUT2D eigenvalue weighted by atomic mass is 10.4. The van der Waals surface area contributed by atoms with E-state index in [1.807, 2.05) is 0 Å². The van der Waals surface area contributed by atoms with Crippen molar-refractivity contribution >= 4 is 11.0 Å². The van der Waals surface area contributed by atoms with Crippen LogP contribution < -0.4 is 5.69 Å². The fraction of sp³-hybridized carbons (Fsp3) is 0. The van der Waals surface area contributed by atoms with E-state index in [9.17, 15) is 4.79 Å². The minimum Gasteiger partial charge on any atom is -0.423 e. The summed E-state index contributed by atoms with van der Waals surface area (Å²) in [7, 11) is 0. The van der Waals surface area contributed by atoms with Gasteiger partial charge in [-0.3, -0.25) is 4.98 Å². The van der Waals surface area contributed by atoms with Gasteiger partial charge in [0, 0.05) is 6.20 Å². The van der Waals surface area contributed by atoms with Gasteiger partial charge in [0.15, 0.2) is 0 Å². The molecule has 2 aromatic heterocycles. The van der Waals surface area contributed by atoms with Crippen LogP contribution in [0.15, 0.2) is 29.3 Å². The first-order valence-electron chi connectivity index (χ1n) is 3.31. The fourth-order valence-corrected chi connectivity index (χ4v) is 0.962. The highest BCUT2D eigenvalue weighted by Gasteiger charge is 2.00. The first-order chi connectivity index (χ1) is 5.79. The van der Waals surface area contributed by atoms with Gasteiger partial charge < -0.3 is 5.21 Å². The zero-order valence-electron chi connectivity index (χ0n) is 6.01. The van der Waals surface area contributed by atoms with E-state index >= 15 is 0 Å². The molecule has 0 amide bonds. The van der Waals surface area contributed by atoms with Crippen molar-refractivity contribution in [3.05, 3.63) is 35.0 Å². The SMILES string of the molecule is O=c1ncc2ncccc2n1O. The standard InChI is InChI=1S/C7H5N3O2/c11-7-9-4-5-6(10(7)12)2-1-3-8-5/h1-4,12H. The maximum Gasteiger partial charge on any atom is 0.380 e. The lowest BCUT2D eigenvalue weighted by Gasteiger charge is -1.98. The van der Waals surface area contributed by atoms with E-state index in [0.29, 0.717) is 15.8 Å². The van der Waals surface area contributed by atoms with Crippen LogP contribution >= 0.6 is 0 Å². The second-order valence-corrected chi connectivity index (χ2v) is 2.26. The van der Waals surface area contributed by atoms with Crippen molar-refractivity contribution in [1.29, 1.82) is 0 Å². The van der Waals surface area contributed by atoms with Crippen LogP contribution in [0.5, 0.6) is 0 Å². The van der Waals surface area contributed by atoms with Gasteiger partial charge in [-0.1, -0.05) is 0 Å². The average molecular weight is 163 g/mol. The lowest BCUT2D eigenvalue weighted by molar-refractivity contribution is 0.184. The average Bonchev–Trinajstić information content (AvgIpc) is 2.12. The van der Waals surface area contributed by atoms with Crippen LogP contribution in [0, 0.1) is 0 Å². The zero-order chi connectivity index (χ0) is 8.55. The Balaban J connectivity index is 3.01. The van der Waals surface area contributed by atoms with Gasteiger partial charge in [-0.25, -0.2) is 4.79 Å². The minimum atomic E-state index is -0.699. The first kappa shape index (κ1) is 6.78. The van der Waals surface area contributed by atoms with Gasteiger partial charge in [-0.2, -0.15) is 4.98 Å². The van der Waals surface area contributed by atoms with Crippen LogP contribution in [-0.4, -0.2) is 19.9 Å². The highest BCUT2D eigenvalue weighted by Crippen LogP contribution is 2.03. The molecule has 0 saturated carbocycles. The minimum absolute atomic E-state index is 0.359. The monoisotopic (exact) mass is 163 g/mol. The van der Waals surface area contributed by atoms with Crippen LogP contribution in [0.3, 0.4) is 0 Å². The first-order valence-corrected chi connectivity index (χ1v) is 3.31. The zero-order valence-corrected chi connectivity index (χ0v) is 6.01. The summed E-state index contributed by atoms with van der Waals surface area (Å²) in [4.78, 5) is 18.1. The second-order valence-electron chi connectivity index (χ2n) is 2.26. The van der Waals surface area contributed by atoms with Crippen molar-refractivity contribution in [3.8, 4) is 0 Å². The van der Waals surface area contributed by atoms with E-state index in [0.717, 1.165) is 0 Å². The third-order valence-electron chi connectivity index (χ3n) is 1.52. The molecule has 0 spiro atoms. The third-order valence-corrected chi connectivity index (χ3v) is 1.52. The van der Waals surface area contributed by atoms with Crippen molar-refractivity contribution < 1.29 is 5.21 Å². The molecule has 0 atom stereocenters. The summed E-state index contributed by atoms with van der Waals surface area (Å²) in [5.41, 5.74) is 0.146. The van der Waals surface area contributed by atoms with E-state index < -0.39 is 5.69 Å². The summed E-state index contributed by atoms with van der Waals surface area (Å²) < 4.78 is 0.475. The van der Waals surface area contributed by atoms with Crippen molar-refractivity contribution in [3.63, 3.8) is 0 Å². The Kier molecular flexibility index (Phi) is 1.30. The van der Waals surface area contributed by atoms with Crippen LogP contribution in [0.2, 0.25) is 0 Å². The van der Waals surface area contributed by atoms with E-state index in [1.165, 1.54) is 6.20 Å². The number of fused-ring (bicyclic) bond motifs is 1. The topological polar surface area (TPSA) is 68.0 Å². The normalized spacial score (nSPS) is 10.3. The largest absolute Gasteiger partial charge is 0.423 e. The Morgan fingerprint density at radius 1 is 1.42 bits per heavy atom. The number of hydrogen-bond donors (Lipinski definition) is 1. The van der Waals surface area contributed by atoms with Crippen molar-refractivity contribution in [2.24, 2.45) is 0 Å². The van der Waals surface area contributed by atoms with Crippen molar-refractivity contribution in [1.82, 2.24) is 14.7 Å². The van der Waals surface area contributed by atoms with E-state index in [2.05, 4.69) is 9.97 Å². The molecule has 0 aliphatic rings. The summed E-state index contributed by atoms with van der Waals surface area (Å²) in [6.07, 6.45) is 2.89. The molecule has 5 heteroatoms. The molecule has 2 rings (SSSR count). The molecule has 0 aliphatic heterocycles. The van der Waals surface area contributed by atoms with Crippen LogP contribution in [0.1, 0.15) is 0 Å². The molecule has 0 bridgehead atoms. The second kappa shape index (κ2) is 2.30. The maximum atomic E-state index is 10.8. The van der Waals surface area contributed by atoms with Crippen LogP contribution in [0.4, 0.5) is 0 Å². The Morgan fingerprint density at radius 3 is 3.08 bits per heavy atom.